The normalized spacial score (nSPS) is 31.1. The maximum atomic E-state index is 2.55. The third-order valence-corrected chi connectivity index (χ3v) is 6.97. The molecule has 0 amide bonds. The first-order valence-corrected chi connectivity index (χ1v) is 11.6. The van der Waals surface area contributed by atoms with Gasteiger partial charge in [0.2, 0.25) is 0 Å². The molecule has 144 valence electrons. The van der Waals surface area contributed by atoms with Gasteiger partial charge < -0.3 is 0 Å². The molecule has 0 aromatic carbocycles. The van der Waals surface area contributed by atoms with Crippen LogP contribution in [-0.4, -0.2) is 0 Å². The third-order valence-electron chi connectivity index (χ3n) is 6.97. The first kappa shape index (κ1) is 20.8. The molecule has 2 fully saturated rings. The Hall–Kier alpha value is -0.520. The van der Waals surface area contributed by atoms with Gasteiger partial charge in [-0.25, -0.2) is 0 Å². The minimum Gasteiger partial charge on any atom is -0.0917 e. The molecule has 0 radical (unpaired) electrons. The molecule has 0 aromatic rings. The quantitative estimate of drug-likeness (QED) is 0.275. The Bertz CT molecular complexity index is 369. The zero-order valence-corrected chi connectivity index (χ0v) is 17.2. The third kappa shape index (κ3) is 8.14. The molecule has 0 spiro atoms. The molecule has 0 aliphatic heterocycles. The first-order valence-electron chi connectivity index (χ1n) is 11.6. The molecule has 2 rings (SSSR count). The van der Waals surface area contributed by atoms with E-state index >= 15 is 0 Å². The van der Waals surface area contributed by atoms with Crippen molar-refractivity contribution >= 4 is 0 Å². The summed E-state index contributed by atoms with van der Waals surface area (Å²) in [4.78, 5) is 0. The average Bonchev–Trinajstić information content (AvgIpc) is 2.65. The maximum Gasteiger partial charge on any atom is -0.0205 e. The predicted octanol–water partition coefficient (Wildman–Crippen LogP) is 8.48. The van der Waals surface area contributed by atoms with Crippen molar-refractivity contribution in [2.24, 2.45) is 23.7 Å². The van der Waals surface area contributed by atoms with Crippen LogP contribution in [0.5, 0.6) is 0 Å². The maximum absolute atomic E-state index is 2.55. The van der Waals surface area contributed by atoms with Gasteiger partial charge in [0.15, 0.2) is 0 Å². The monoisotopic (exact) mass is 344 g/mol. The molecule has 2 aliphatic rings. The minimum absolute atomic E-state index is 0.904. The zero-order valence-electron chi connectivity index (χ0n) is 17.2. The Kier molecular flexibility index (Phi) is 10.6. The lowest BCUT2D eigenvalue weighted by Crippen LogP contribution is -2.18. The molecule has 2 aliphatic carbocycles. The molecular weight excluding hydrogens is 300 g/mol. The molecule has 2 atom stereocenters. The van der Waals surface area contributed by atoms with Crippen LogP contribution in [0.25, 0.3) is 0 Å². The van der Waals surface area contributed by atoms with E-state index in [9.17, 15) is 0 Å². The summed E-state index contributed by atoms with van der Waals surface area (Å²) < 4.78 is 0. The Morgan fingerprint density at radius 1 is 0.760 bits per heavy atom. The largest absolute Gasteiger partial charge is 0.0917 e. The predicted molar refractivity (Wildman–Crippen MR) is 113 cm³/mol. The second-order valence-corrected chi connectivity index (χ2v) is 8.86. The van der Waals surface area contributed by atoms with E-state index in [4.69, 9.17) is 0 Å². The first-order chi connectivity index (χ1) is 12.3. The highest BCUT2D eigenvalue weighted by Crippen LogP contribution is 2.37. The van der Waals surface area contributed by atoms with Crippen molar-refractivity contribution in [1.82, 2.24) is 0 Å². The molecule has 0 N–H and O–H groups in total. The lowest BCUT2D eigenvalue weighted by Gasteiger charge is -2.30. The smallest absolute Gasteiger partial charge is 0.0205 e. The molecule has 2 unspecified atom stereocenters. The van der Waals surface area contributed by atoms with E-state index in [2.05, 4.69) is 38.2 Å². The number of hydrogen-bond acceptors (Lipinski definition) is 0. The van der Waals surface area contributed by atoms with Crippen molar-refractivity contribution in [3.63, 3.8) is 0 Å². The van der Waals surface area contributed by atoms with Crippen molar-refractivity contribution in [2.75, 3.05) is 0 Å². The summed E-state index contributed by atoms with van der Waals surface area (Å²) in [6.45, 7) is 4.41. The molecule has 25 heavy (non-hydrogen) atoms. The lowest BCUT2D eigenvalue weighted by atomic mass is 9.75. The van der Waals surface area contributed by atoms with E-state index in [0.29, 0.717) is 0 Å². The van der Waals surface area contributed by atoms with Crippen LogP contribution in [0.4, 0.5) is 0 Å². The summed E-state index contributed by atoms with van der Waals surface area (Å²) in [7, 11) is 0. The molecule has 0 nitrogen and oxygen atoms in total. The minimum atomic E-state index is 0.904. The SMILES string of the molecule is C/C=C/CCC1CCC(CCCCC2CCCCC2C=CCC)CC1. The Morgan fingerprint density at radius 3 is 2.16 bits per heavy atom. The second-order valence-electron chi connectivity index (χ2n) is 8.86. The molecule has 0 aromatic heterocycles. The Morgan fingerprint density at radius 2 is 1.44 bits per heavy atom. The van der Waals surface area contributed by atoms with Gasteiger partial charge in [-0.05, 0) is 69.1 Å². The van der Waals surface area contributed by atoms with Gasteiger partial charge in [0.1, 0.15) is 0 Å². The summed E-state index contributed by atoms with van der Waals surface area (Å²) >= 11 is 0. The van der Waals surface area contributed by atoms with Crippen molar-refractivity contribution < 1.29 is 0 Å². The van der Waals surface area contributed by atoms with Crippen molar-refractivity contribution in [3.8, 4) is 0 Å². The van der Waals surface area contributed by atoms with E-state index in [-0.39, 0.29) is 0 Å². The number of hydrogen-bond donors (Lipinski definition) is 0. The van der Waals surface area contributed by atoms with Gasteiger partial charge in [-0.15, -0.1) is 0 Å². The van der Waals surface area contributed by atoms with Gasteiger partial charge in [-0.2, -0.15) is 0 Å². The van der Waals surface area contributed by atoms with Crippen LogP contribution in [0.15, 0.2) is 24.3 Å². The summed E-state index contributed by atoms with van der Waals surface area (Å²) in [5, 5.41) is 0. The number of unbranched alkanes of at least 4 members (excludes halogenated alkanes) is 1. The molecule has 0 saturated heterocycles. The van der Waals surface area contributed by atoms with Gasteiger partial charge in [0, 0.05) is 0 Å². The fourth-order valence-electron chi connectivity index (χ4n) is 5.31. The Labute approximate surface area is 158 Å². The van der Waals surface area contributed by atoms with Gasteiger partial charge in [0.05, 0.1) is 0 Å². The van der Waals surface area contributed by atoms with Crippen LogP contribution in [0.2, 0.25) is 0 Å². The van der Waals surface area contributed by atoms with Crippen molar-refractivity contribution in [1.29, 1.82) is 0 Å². The van der Waals surface area contributed by atoms with Crippen molar-refractivity contribution in [3.05, 3.63) is 24.3 Å². The molecular formula is C25H44. The molecule has 0 bridgehead atoms. The van der Waals surface area contributed by atoms with E-state index in [1.165, 1.54) is 96.3 Å². The van der Waals surface area contributed by atoms with E-state index < -0.39 is 0 Å². The van der Waals surface area contributed by atoms with Gasteiger partial charge in [-0.3, -0.25) is 0 Å². The van der Waals surface area contributed by atoms with E-state index in [1.807, 2.05) is 0 Å². The fourth-order valence-corrected chi connectivity index (χ4v) is 5.31. The highest BCUT2D eigenvalue weighted by Gasteiger charge is 2.23. The lowest BCUT2D eigenvalue weighted by molar-refractivity contribution is 0.237. The van der Waals surface area contributed by atoms with Gasteiger partial charge in [0.25, 0.3) is 0 Å². The van der Waals surface area contributed by atoms with Gasteiger partial charge in [-0.1, -0.05) is 89.0 Å². The summed E-state index contributed by atoms with van der Waals surface area (Å²) in [6, 6.07) is 0. The van der Waals surface area contributed by atoms with Crippen LogP contribution in [0.3, 0.4) is 0 Å². The second kappa shape index (κ2) is 12.8. The molecule has 0 heteroatoms. The standard InChI is InChI=1S/C25H44/c1-3-5-7-12-22-18-20-23(21-19-22)13-8-9-15-25-17-11-10-16-24(25)14-6-4-2/h3,5-6,14,22-25H,4,7-13,15-21H2,1-2H3/b5-3+,14-6?. The van der Waals surface area contributed by atoms with E-state index in [1.54, 1.807) is 0 Å². The van der Waals surface area contributed by atoms with Crippen LogP contribution >= 0.6 is 0 Å². The summed E-state index contributed by atoms with van der Waals surface area (Å²) in [5.41, 5.74) is 0. The van der Waals surface area contributed by atoms with Gasteiger partial charge >= 0.3 is 0 Å². The van der Waals surface area contributed by atoms with E-state index in [0.717, 1.165) is 23.7 Å². The van der Waals surface area contributed by atoms with Crippen LogP contribution < -0.4 is 0 Å². The zero-order chi connectivity index (χ0) is 17.7. The Balaban J connectivity index is 1.56. The highest BCUT2D eigenvalue weighted by molar-refractivity contribution is 4.93. The highest BCUT2D eigenvalue weighted by atomic mass is 14.3. The molecule has 0 heterocycles. The summed E-state index contributed by atoms with van der Waals surface area (Å²) in [6.07, 6.45) is 31.4. The topological polar surface area (TPSA) is 0 Å². The molecule has 2 saturated carbocycles. The number of allylic oxidation sites excluding steroid dienone is 4. The van der Waals surface area contributed by atoms with Crippen LogP contribution in [0, 0.1) is 23.7 Å². The average molecular weight is 345 g/mol. The van der Waals surface area contributed by atoms with Crippen LogP contribution in [-0.2, 0) is 0 Å². The van der Waals surface area contributed by atoms with Crippen LogP contribution in [0.1, 0.15) is 110 Å². The number of rotatable bonds is 10. The summed E-state index contributed by atoms with van der Waals surface area (Å²) in [5.74, 6) is 3.99. The van der Waals surface area contributed by atoms with Crippen molar-refractivity contribution in [2.45, 2.75) is 110 Å². The fraction of sp³-hybridized carbons (Fsp3) is 0.840.